The Morgan fingerprint density at radius 1 is 1.07 bits per heavy atom. The molecule has 14 heavy (non-hydrogen) atoms. The van der Waals surface area contributed by atoms with Gasteiger partial charge in [0.2, 0.25) is 0 Å². The van der Waals surface area contributed by atoms with E-state index in [1.165, 1.54) is 22.3 Å². The van der Waals surface area contributed by atoms with Crippen LogP contribution in [0.5, 0.6) is 0 Å². The van der Waals surface area contributed by atoms with E-state index < -0.39 is 0 Å². The standard InChI is InChI=1S/C12H19NS/c1-9-5-11(3)12(6-10(9)2)7-13(4)8-14/h5-6,14H,7-8H2,1-4H3. The van der Waals surface area contributed by atoms with Gasteiger partial charge in [-0.2, -0.15) is 12.6 Å². The molecule has 0 radical (unpaired) electrons. The van der Waals surface area contributed by atoms with Crippen LogP contribution in [0.1, 0.15) is 22.3 Å². The van der Waals surface area contributed by atoms with Crippen LogP contribution in [-0.4, -0.2) is 17.8 Å². The number of benzene rings is 1. The van der Waals surface area contributed by atoms with Gasteiger partial charge in [0.1, 0.15) is 0 Å². The van der Waals surface area contributed by atoms with Gasteiger partial charge in [-0.3, -0.25) is 4.90 Å². The van der Waals surface area contributed by atoms with Gasteiger partial charge in [0.25, 0.3) is 0 Å². The zero-order valence-electron chi connectivity index (χ0n) is 9.46. The molecule has 78 valence electrons. The van der Waals surface area contributed by atoms with Crippen LogP contribution in [0.3, 0.4) is 0 Å². The third-order valence-corrected chi connectivity index (χ3v) is 3.12. The molecule has 0 aliphatic heterocycles. The lowest BCUT2D eigenvalue weighted by Gasteiger charge is -2.16. The molecule has 0 amide bonds. The summed E-state index contributed by atoms with van der Waals surface area (Å²) in [4.78, 5) is 2.19. The maximum atomic E-state index is 4.25. The Morgan fingerprint density at radius 3 is 2.21 bits per heavy atom. The van der Waals surface area contributed by atoms with E-state index in [2.05, 4.69) is 57.5 Å². The highest BCUT2D eigenvalue weighted by Crippen LogP contribution is 2.16. The lowest BCUT2D eigenvalue weighted by molar-refractivity contribution is 0.386. The normalized spacial score (nSPS) is 11.0. The molecular formula is C12H19NS. The Balaban J connectivity index is 2.92. The van der Waals surface area contributed by atoms with Crippen molar-refractivity contribution in [2.24, 2.45) is 0 Å². The van der Waals surface area contributed by atoms with E-state index in [9.17, 15) is 0 Å². The summed E-state index contributed by atoms with van der Waals surface area (Å²) >= 11 is 4.25. The second kappa shape index (κ2) is 4.85. The van der Waals surface area contributed by atoms with Crippen molar-refractivity contribution in [2.45, 2.75) is 27.3 Å². The number of aryl methyl sites for hydroxylation is 3. The molecule has 1 rings (SSSR count). The highest BCUT2D eigenvalue weighted by molar-refractivity contribution is 7.80. The maximum absolute atomic E-state index is 4.25. The lowest BCUT2D eigenvalue weighted by Crippen LogP contribution is -2.16. The summed E-state index contributed by atoms with van der Waals surface area (Å²) in [6.45, 7) is 7.48. The number of hydrogen-bond acceptors (Lipinski definition) is 2. The predicted octanol–water partition coefficient (Wildman–Crippen LogP) is 2.93. The fourth-order valence-corrected chi connectivity index (χ4v) is 1.63. The highest BCUT2D eigenvalue weighted by atomic mass is 32.1. The number of rotatable bonds is 3. The van der Waals surface area contributed by atoms with E-state index in [1.807, 2.05) is 0 Å². The average molecular weight is 209 g/mol. The molecule has 1 nitrogen and oxygen atoms in total. The largest absolute Gasteiger partial charge is 0.293 e. The Kier molecular flexibility index (Phi) is 4.02. The molecule has 0 atom stereocenters. The van der Waals surface area contributed by atoms with Crippen molar-refractivity contribution in [1.82, 2.24) is 4.90 Å². The van der Waals surface area contributed by atoms with Crippen molar-refractivity contribution in [2.75, 3.05) is 12.9 Å². The molecule has 0 saturated heterocycles. The van der Waals surface area contributed by atoms with Gasteiger partial charge in [0, 0.05) is 12.4 Å². The molecule has 0 unspecified atom stereocenters. The third-order valence-electron chi connectivity index (χ3n) is 2.63. The lowest BCUT2D eigenvalue weighted by atomic mass is 10.0. The Bertz CT molecular complexity index is 320. The quantitative estimate of drug-likeness (QED) is 0.592. The molecular weight excluding hydrogens is 190 g/mol. The zero-order chi connectivity index (χ0) is 10.7. The third kappa shape index (κ3) is 2.76. The molecule has 0 aromatic heterocycles. The number of nitrogens with zero attached hydrogens (tertiary/aromatic N) is 1. The minimum absolute atomic E-state index is 0.798. The molecule has 0 saturated carbocycles. The van der Waals surface area contributed by atoms with E-state index in [4.69, 9.17) is 0 Å². The van der Waals surface area contributed by atoms with Crippen molar-refractivity contribution in [3.63, 3.8) is 0 Å². The molecule has 0 bridgehead atoms. The van der Waals surface area contributed by atoms with Crippen LogP contribution in [0.2, 0.25) is 0 Å². The van der Waals surface area contributed by atoms with Crippen molar-refractivity contribution in [3.05, 3.63) is 34.4 Å². The van der Waals surface area contributed by atoms with E-state index in [0.29, 0.717) is 0 Å². The minimum atomic E-state index is 0.798. The molecule has 0 N–H and O–H groups in total. The summed E-state index contributed by atoms with van der Waals surface area (Å²) in [5, 5.41) is 0. The van der Waals surface area contributed by atoms with Crippen LogP contribution in [-0.2, 0) is 6.54 Å². The first kappa shape index (κ1) is 11.6. The van der Waals surface area contributed by atoms with Crippen molar-refractivity contribution in [1.29, 1.82) is 0 Å². The summed E-state index contributed by atoms with van der Waals surface area (Å²) in [7, 11) is 2.08. The predicted molar refractivity (Wildman–Crippen MR) is 66.0 cm³/mol. The van der Waals surface area contributed by atoms with Gasteiger partial charge >= 0.3 is 0 Å². The van der Waals surface area contributed by atoms with Crippen molar-refractivity contribution >= 4 is 12.6 Å². The molecule has 0 heterocycles. The SMILES string of the molecule is Cc1cc(C)c(CN(C)CS)cc1C. The van der Waals surface area contributed by atoms with Crippen LogP contribution >= 0.6 is 12.6 Å². The van der Waals surface area contributed by atoms with Gasteiger partial charge in [-0.1, -0.05) is 12.1 Å². The highest BCUT2D eigenvalue weighted by Gasteiger charge is 2.03. The topological polar surface area (TPSA) is 3.24 Å². The Morgan fingerprint density at radius 2 is 1.64 bits per heavy atom. The first-order valence-corrected chi connectivity index (χ1v) is 5.54. The maximum Gasteiger partial charge on any atom is 0.0414 e. The van der Waals surface area contributed by atoms with E-state index in [0.717, 1.165) is 12.4 Å². The molecule has 0 aliphatic rings. The second-order valence-electron chi connectivity index (χ2n) is 4.02. The number of thiol groups is 1. The van der Waals surface area contributed by atoms with Crippen LogP contribution in [0.25, 0.3) is 0 Å². The Hall–Kier alpha value is -0.470. The van der Waals surface area contributed by atoms with Gasteiger partial charge in [0.15, 0.2) is 0 Å². The summed E-state index contributed by atoms with van der Waals surface area (Å²) in [5.74, 6) is 0.798. The monoisotopic (exact) mass is 209 g/mol. The van der Waals surface area contributed by atoms with Crippen molar-refractivity contribution in [3.8, 4) is 0 Å². The molecule has 0 fully saturated rings. The molecule has 2 heteroatoms. The second-order valence-corrected chi connectivity index (χ2v) is 4.30. The van der Waals surface area contributed by atoms with E-state index in [1.54, 1.807) is 0 Å². The Labute approximate surface area is 92.5 Å². The first-order valence-electron chi connectivity index (χ1n) is 4.90. The first-order chi connectivity index (χ1) is 6.54. The van der Waals surface area contributed by atoms with E-state index >= 15 is 0 Å². The average Bonchev–Trinajstić information content (AvgIpc) is 2.14. The molecule has 1 aromatic carbocycles. The summed E-state index contributed by atoms with van der Waals surface area (Å²) < 4.78 is 0. The van der Waals surface area contributed by atoms with E-state index in [-0.39, 0.29) is 0 Å². The fraction of sp³-hybridized carbons (Fsp3) is 0.500. The van der Waals surface area contributed by atoms with Gasteiger partial charge in [-0.05, 0) is 50.1 Å². The summed E-state index contributed by atoms with van der Waals surface area (Å²) in [6, 6.07) is 4.54. The van der Waals surface area contributed by atoms with Crippen LogP contribution in [0.15, 0.2) is 12.1 Å². The van der Waals surface area contributed by atoms with Gasteiger partial charge in [-0.15, -0.1) is 0 Å². The van der Waals surface area contributed by atoms with Crippen LogP contribution in [0.4, 0.5) is 0 Å². The molecule has 0 spiro atoms. The summed E-state index contributed by atoms with van der Waals surface area (Å²) in [5.41, 5.74) is 5.53. The van der Waals surface area contributed by atoms with Gasteiger partial charge in [0.05, 0.1) is 0 Å². The molecule has 1 aromatic rings. The smallest absolute Gasteiger partial charge is 0.0414 e. The van der Waals surface area contributed by atoms with Crippen LogP contribution < -0.4 is 0 Å². The van der Waals surface area contributed by atoms with Crippen LogP contribution in [0, 0.1) is 20.8 Å². The summed E-state index contributed by atoms with van der Waals surface area (Å²) in [6.07, 6.45) is 0. The number of hydrogen-bond donors (Lipinski definition) is 1. The zero-order valence-corrected chi connectivity index (χ0v) is 10.4. The van der Waals surface area contributed by atoms with Crippen molar-refractivity contribution < 1.29 is 0 Å². The fourth-order valence-electron chi connectivity index (χ4n) is 1.53. The minimum Gasteiger partial charge on any atom is -0.293 e. The van der Waals surface area contributed by atoms with Gasteiger partial charge < -0.3 is 0 Å². The van der Waals surface area contributed by atoms with Gasteiger partial charge in [-0.25, -0.2) is 0 Å². The molecule has 0 aliphatic carbocycles.